The molecule has 1 aromatic carbocycles. The first-order valence-electron chi connectivity index (χ1n) is 6.62. The standard InChI is InChI=1S/C14H21N3O4/c1-4-16-8-10-5-6-11(12(7-10)20-3)21-9(2)13(18)17-14(15)19/h5-7,9,16H,4,8H2,1-3H3,(H3,15,17,18,19). The van der Waals surface area contributed by atoms with Crippen molar-refractivity contribution in [3.05, 3.63) is 23.8 Å². The minimum Gasteiger partial charge on any atom is -0.493 e. The first kappa shape index (κ1) is 16.8. The zero-order chi connectivity index (χ0) is 15.8. The van der Waals surface area contributed by atoms with Gasteiger partial charge in [0.05, 0.1) is 7.11 Å². The van der Waals surface area contributed by atoms with Crippen molar-refractivity contribution >= 4 is 11.9 Å². The van der Waals surface area contributed by atoms with Gasteiger partial charge in [0.25, 0.3) is 5.91 Å². The normalized spacial score (nSPS) is 11.6. The summed E-state index contributed by atoms with van der Waals surface area (Å²) in [6, 6.07) is 4.51. The van der Waals surface area contributed by atoms with Crippen LogP contribution in [0.2, 0.25) is 0 Å². The molecule has 0 aliphatic heterocycles. The van der Waals surface area contributed by atoms with Crippen LogP contribution < -0.4 is 25.8 Å². The van der Waals surface area contributed by atoms with E-state index in [0.717, 1.165) is 12.1 Å². The lowest BCUT2D eigenvalue weighted by molar-refractivity contribution is -0.126. The third kappa shape index (κ3) is 5.31. The van der Waals surface area contributed by atoms with Crippen molar-refractivity contribution in [2.75, 3.05) is 13.7 Å². The number of benzene rings is 1. The molecule has 0 aromatic heterocycles. The van der Waals surface area contributed by atoms with E-state index < -0.39 is 18.0 Å². The number of methoxy groups -OCH3 is 1. The Balaban J connectivity index is 2.78. The molecule has 0 heterocycles. The SMILES string of the molecule is CCNCc1ccc(OC(C)C(=O)NC(N)=O)c(OC)c1. The van der Waals surface area contributed by atoms with Gasteiger partial charge in [-0.25, -0.2) is 4.79 Å². The summed E-state index contributed by atoms with van der Waals surface area (Å²) in [6.45, 7) is 5.12. The fourth-order valence-corrected chi connectivity index (χ4v) is 1.66. The fourth-order valence-electron chi connectivity index (χ4n) is 1.66. The molecule has 4 N–H and O–H groups in total. The quantitative estimate of drug-likeness (QED) is 0.689. The average Bonchev–Trinajstić information content (AvgIpc) is 2.45. The Kier molecular flexibility index (Phi) is 6.48. The van der Waals surface area contributed by atoms with E-state index in [4.69, 9.17) is 15.2 Å². The number of ether oxygens (including phenoxy) is 2. The molecule has 0 saturated heterocycles. The highest BCUT2D eigenvalue weighted by Gasteiger charge is 2.18. The Hall–Kier alpha value is -2.28. The first-order valence-corrected chi connectivity index (χ1v) is 6.62. The minimum atomic E-state index is -0.914. The lowest BCUT2D eigenvalue weighted by Gasteiger charge is -2.16. The van der Waals surface area contributed by atoms with Crippen molar-refractivity contribution in [3.8, 4) is 11.5 Å². The summed E-state index contributed by atoms with van der Waals surface area (Å²) in [5.74, 6) is 0.329. The number of hydrogen-bond donors (Lipinski definition) is 3. The molecule has 1 aromatic rings. The van der Waals surface area contributed by atoms with Gasteiger partial charge in [0.15, 0.2) is 17.6 Å². The van der Waals surface area contributed by atoms with Gasteiger partial charge in [0.1, 0.15) is 0 Å². The number of amides is 3. The van der Waals surface area contributed by atoms with E-state index in [9.17, 15) is 9.59 Å². The molecule has 1 rings (SSSR count). The van der Waals surface area contributed by atoms with Crippen molar-refractivity contribution in [2.45, 2.75) is 26.5 Å². The molecule has 21 heavy (non-hydrogen) atoms. The van der Waals surface area contributed by atoms with Gasteiger partial charge < -0.3 is 20.5 Å². The van der Waals surface area contributed by atoms with Gasteiger partial charge in [0.2, 0.25) is 0 Å². The number of imide groups is 1. The van der Waals surface area contributed by atoms with Crippen LogP contribution in [-0.4, -0.2) is 31.7 Å². The summed E-state index contributed by atoms with van der Waals surface area (Å²) in [5.41, 5.74) is 5.93. The highest BCUT2D eigenvalue weighted by Crippen LogP contribution is 2.29. The van der Waals surface area contributed by atoms with E-state index in [2.05, 4.69) is 5.32 Å². The summed E-state index contributed by atoms with van der Waals surface area (Å²) >= 11 is 0. The summed E-state index contributed by atoms with van der Waals surface area (Å²) in [5, 5.41) is 5.17. The minimum absolute atomic E-state index is 0.421. The van der Waals surface area contributed by atoms with Gasteiger partial charge in [-0.3, -0.25) is 10.1 Å². The second-order valence-electron chi connectivity index (χ2n) is 4.38. The Bertz CT molecular complexity index is 505. The van der Waals surface area contributed by atoms with Gasteiger partial charge in [-0.15, -0.1) is 0 Å². The molecule has 7 nitrogen and oxygen atoms in total. The Morgan fingerprint density at radius 3 is 2.62 bits per heavy atom. The molecular weight excluding hydrogens is 274 g/mol. The van der Waals surface area contributed by atoms with Gasteiger partial charge >= 0.3 is 6.03 Å². The number of primary amides is 1. The maximum atomic E-state index is 11.6. The van der Waals surface area contributed by atoms with Crippen LogP contribution in [0.4, 0.5) is 4.79 Å². The first-order chi connectivity index (χ1) is 9.97. The van der Waals surface area contributed by atoms with E-state index in [-0.39, 0.29) is 0 Å². The molecule has 0 saturated carbocycles. The topological polar surface area (TPSA) is 103 Å². The van der Waals surface area contributed by atoms with Gasteiger partial charge in [-0.05, 0) is 31.2 Å². The smallest absolute Gasteiger partial charge is 0.318 e. The molecule has 1 atom stereocenters. The number of carbonyl (C=O) groups is 2. The number of nitrogens with two attached hydrogens (primary N) is 1. The molecule has 1 unspecified atom stereocenters. The van der Waals surface area contributed by atoms with Crippen LogP contribution in [0.3, 0.4) is 0 Å². The third-order valence-electron chi connectivity index (χ3n) is 2.73. The monoisotopic (exact) mass is 295 g/mol. The molecule has 0 spiro atoms. The predicted octanol–water partition coefficient (Wildman–Crippen LogP) is 0.767. The number of carbonyl (C=O) groups excluding carboxylic acids is 2. The van der Waals surface area contributed by atoms with Crippen LogP contribution in [0.15, 0.2) is 18.2 Å². The van der Waals surface area contributed by atoms with E-state index in [1.54, 1.807) is 6.07 Å². The molecule has 0 bridgehead atoms. The van der Waals surface area contributed by atoms with Crippen LogP contribution in [-0.2, 0) is 11.3 Å². The largest absolute Gasteiger partial charge is 0.493 e. The zero-order valence-corrected chi connectivity index (χ0v) is 12.4. The van der Waals surface area contributed by atoms with Gasteiger partial charge in [-0.2, -0.15) is 0 Å². The number of nitrogens with one attached hydrogen (secondary N) is 2. The molecule has 0 aliphatic carbocycles. The number of hydrogen-bond acceptors (Lipinski definition) is 5. The number of urea groups is 1. The van der Waals surface area contributed by atoms with E-state index >= 15 is 0 Å². The molecule has 0 aliphatic rings. The second-order valence-corrected chi connectivity index (χ2v) is 4.38. The third-order valence-corrected chi connectivity index (χ3v) is 2.73. The Labute approximate surface area is 123 Å². The molecule has 0 radical (unpaired) electrons. The average molecular weight is 295 g/mol. The van der Waals surface area contributed by atoms with Crippen molar-refractivity contribution in [2.24, 2.45) is 5.73 Å². The Morgan fingerprint density at radius 2 is 2.05 bits per heavy atom. The van der Waals surface area contributed by atoms with Crippen LogP contribution >= 0.6 is 0 Å². The van der Waals surface area contributed by atoms with E-state index in [1.807, 2.05) is 24.4 Å². The molecule has 7 heteroatoms. The van der Waals surface area contributed by atoms with Gasteiger partial charge in [-0.1, -0.05) is 13.0 Å². The maximum absolute atomic E-state index is 11.6. The predicted molar refractivity (Wildman–Crippen MR) is 78.2 cm³/mol. The lowest BCUT2D eigenvalue weighted by Crippen LogP contribution is -2.42. The summed E-state index contributed by atoms with van der Waals surface area (Å²) in [6.07, 6.45) is -0.869. The van der Waals surface area contributed by atoms with Crippen molar-refractivity contribution in [3.63, 3.8) is 0 Å². The second kappa shape index (κ2) is 8.11. The highest BCUT2D eigenvalue weighted by atomic mass is 16.5. The van der Waals surface area contributed by atoms with Crippen molar-refractivity contribution in [1.82, 2.24) is 10.6 Å². The molecule has 3 amide bonds. The highest BCUT2D eigenvalue weighted by molar-refractivity contribution is 5.95. The van der Waals surface area contributed by atoms with Crippen LogP contribution in [0, 0.1) is 0 Å². The fraction of sp³-hybridized carbons (Fsp3) is 0.429. The number of rotatable bonds is 7. The zero-order valence-electron chi connectivity index (χ0n) is 12.4. The van der Waals surface area contributed by atoms with Crippen molar-refractivity contribution in [1.29, 1.82) is 0 Å². The molecule has 116 valence electrons. The maximum Gasteiger partial charge on any atom is 0.318 e. The summed E-state index contributed by atoms with van der Waals surface area (Å²) in [4.78, 5) is 22.2. The lowest BCUT2D eigenvalue weighted by atomic mass is 10.2. The van der Waals surface area contributed by atoms with Crippen LogP contribution in [0.1, 0.15) is 19.4 Å². The molecule has 0 fully saturated rings. The molecular formula is C14H21N3O4. The Morgan fingerprint density at radius 1 is 1.33 bits per heavy atom. The van der Waals surface area contributed by atoms with E-state index in [0.29, 0.717) is 18.0 Å². The van der Waals surface area contributed by atoms with E-state index in [1.165, 1.54) is 14.0 Å². The van der Waals surface area contributed by atoms with Crippen LogP contribution in [0.25, 0.3) is 0 Å². The summed E-state index contributed by atoms with van der Waals surface area (Å²) in [7, 11) is 1.52. The summed E-state index contributed by atoms with van der Waals surface area (Å²) < 4.78 is 10.7. The van der Waals surface area contributed by atoms with Gasteiger partial charge in [0, 0.05) is 6.54 Å². The van der Waals surface area contributed by atoms with Crippen LogP contribution in [0.5, 0.6) is 11.5 Å². The van der Waals surface area contributed by atoms with Crippen molar-refractivity contribution < 1.29 is 19.1 Å².